The number of hydrogen-bond donors (Lipinski definition) is 1. The highest BCUT2D eigenvalue weighted by atomic mass is 32.1. The number of benzene rings is 1. The maximum atomic E-state index is 12.2. The van der Waals surface area contributed by atoms with Crippen molar-refractivity contribution in [2.45, 2.75) is 13.3 Å². The third-order valence-corrected chi connectivity index (χ3v) is 2.98. The molecule has 1 fully saturated rings. The summed E-state index contributed by atoms with van der Waals surface area (Å²) >= 11 is 5.04. The molecule has 0 unspecified atom stereocenters. The Morgan fingerprint density at radius 3 is 2.53 bits per heavy atom. The standard InChI is InChI=1S/C12H12N2O2S/c1-2-9-10(15)13-12(17)14(11(9)16)8-6-4-3-5-7-8/h3-7,9H,2H2,1H3,(H,13,15,17)/t9-/m0/s1. The van der Waals surface area contributed by atoms with Gasteiger partial charge in [0, 0.05) is 0 Å². The van der Waals surface area contributed by atoms with Gasteiger partial charge in [0.15, 0.2) is 5.11 Å². The lowest BCUT2D eigenvalue weighted by atomic mass is 10.0. The Balaban J connectivity index is 2.37. The SMILES string of the molecule is CC[C@H]1C(=O)NC(=S)N(c2ccccc2)C1=O. The van der Waals surface area contributed by atoms with E-state index in [0.717, 1.165) is 0 Å². The summed E-state index contributed by atoms with van der Waals surface area (Å²) in [5, 5.41) is 2.71. The molecule has 5 heteroatoms. The van der Waals surface area contributed by atoms with E-state index in [-0.39, 0.29) is 16.9 Å². The van der Waals surface area contributed by atoms with Gasteiger partial charge in [-0.15, -0.1) is 0 Å². The normalized spacial score (nSPS) is 20.4. The van der Waals surface area contributed by atoms with Gasteiger partial charge in [0.05, 0.1) is 5.69 Å². The maximum Gasteiger partial charge on any atom is 0.245 e. The highest BCUT2D eigenvalue weighted by molar-refractivity contribution is 7.80. The number of hydrogen-bond acceptors (Lipinski definition) is 3. The van der Waals surface area contributed by atoms with Crippen molar-refractivity contribution >= 4 is 34.8 Å². The van der Waals surface area contributed by atoms with Gasteiger partial charge >= 0.3 is 0 Å². The predicted molar refractivity (Wildman–Crippen MR) is 68.4 cm³/mol. The van der Waals surface area contributed by atoms with Gasteiger partial charge in [-0.1, -0.05) is 25.1 Å². The fraction of sp³-hybridized carbons (Fsp3) is 0.250. The quantitative estimate of drug-likeness (QED) is 0.637. The monoisotopic (exact) mass is 248 g/mol. The molecule has 1 aromatic rings. The van der Waals surface area contributed by atoms with Crippen LogP contribution in [0.5, 0.6) is 0 Å². The molecule has 0 saturated carbocycles. The summed E-state index contributed by atoms with van der Waals surface area (Å²) in [4.78, 5) is 25.1. The van der Waals surface area contributed by atoms with Crippen LogP contribution in [0, 0.1) is 5.92 Å². The van der Waals surface area contributed by atoms with Gasteiger partial charge in [-0.25, -0.2) is 0 Å². The van der Waals surface area contributed by atoms with Gasteiger partial charge in [0.25, 0.3) is 0 Å². The van der Waals surface area contributed by atoms with Gasteiger partial charge in [-0.2, -0.15) is 0 Å². The molecule has 1 aromatic carbocycles. The van der Waals surface area contributed by atoms with Crippen molar-refractivity contribution in [2.24, 2.45) is 5.92 Å². The van der Waals surface area contributed by atoms with E-state index in [2.05, 4.69) is 5.32 Å². The van der Waals surface area contributed by atoms with E-state index in [1.165, 1.54) is 4.90 Å². The Labute approximate surface area is 105 Å². The van der Waals surface area contributed by atoms with Gasteiger partial charge in [0.1, 0.15) is 5.92 Å². The summed E-state index contributed by atoms with van der Waals surface area (Å²) < 4.78 is 0. The first kappa shape index (κ1) is 11.7. The molecule has 0 bridgehead atoms. The molecule has 1 atom stereocenters. The van der Waals surface area contributed by atoms with Crippen molar-refractivity contribution in [1.29, 1.82) is 0 Å². The maximum absolute atomic E-state index is 12.2. The molecule has 0 spiro atoms. The summed E-state index contributed by atoms with van der Waals surface area (Å²) in [5.41, 5.74) is 0.681. The second-order valence-electron chi connectivity index (χ2n) is 3.76. The Kier molecular flexibility index (Phi) is 3.19. The van der Waals surface area contributed by atoms with Gasteiger partial charge in [-0.05, 0) is 30.8 Å². The number of rotatable bonds is 2. The predicted octanol–water partition coefficient (Wildman–Crippen LogP) is 1.46. The van der Waals surface area contributed by atoms with Gasteiger partial charge < -0.3 is 5.32 Å². The molecular weight excluding hydrogens is 236 g/mol. The van der Waals surface area contributed by atoms with E-state index in [9.17, 15) is 9.59 Å². The zero-order valence-electron chi connectivity index (χ0n) is 9.34. The first-order valence-electron chi connectivity index (χ1n) is 5.39. The van der Waals surface area contributed by atoms with Crippen LogP contribution in [-0.2, 0) is 9.59 Å². The molecule has 4 nitrogen and oxygen atoms in total. The van der Waals surface area contributed by atoms with Crippen molar-refractivity contribution in [3.63, 3.8) is 0 Å². The molecule has 2 amide bonds. The number of amides is 2. The van der Waals surface area contributed by atoms with E-state index in [1.54, 1.807) is 19.1 Å². The number of thiocarbonyl (C=S) groups is 1. The van der Waals surface area contributed by atoms with E-state index in [4.69, 9.17) is 12.2 Å². The van der Waals surface area contributed by atoms with Crippen LogP contribution in [0.1, 0.15) is 13.3 Å². The van der Waals surface area contributed by atoms with E-state index in [0.29, 0.717) is 12.1 Å². The van der Waals surface area contributed by atoms with Crippen LogP contribution in [0.15, 0.2) is 30.3 Å². The van der Waals surface area contributed by atoms with Gasteiger partial charge in [0.2, 0.25) is 11.8 Å². The lowest BCUT2D eigenvalue weighted by molar-refractivity contribution is -0.133. The first-order chi connectivity index (χ1) is 8.15. The summed E-state index contributed by atoms with van der Waals surface area (Å²) in [6.45, 7) is 1.81. The molecule has 0 radical (unpaired) electrons. The summed E-state index contributed by atoms with van der Waals surface area (Å²) in [6, 6.07) is 9.07. The Hall–Kier alpha value is -1.75. The van der Waals surface area contributed by atoms with Crippen LogP contribution in [0.25, 0.3) is 0 Å². The lowest BCUT2D eigenvalue weighted by Gasteiger charge is -2.31. The van der Waals surface area contributed by atoms with Crippen LogP contribution in [0.3, 0.4) is 0 Å². The van der Waals surface area contributed by atoms with Crippen LogP contribution >= 0.6 is 12.2 Å². The zero-order valence-corrected chi connectivity index (χ0v) is 10.2. The van der Waals surface area contributed by atoms with Crippen molar-refractivity contribution in [2.75, 3.05) is 4.90 Å². The number of nitrogens with zero attached hydrogens (tertiary/aromatic N) is 1. The molecular formula is C12H12N2O2S. The Morgan fingerprint density at radius 2 is 1.94 bits per heavy atom. The molecule has 0 aliphatic carbocycles. The second kappa shape index (κ2) is 4.63. The fourth-order valence-corrected chi connectivity index (χ4v) is 2.09. The first-order valence-corrected chi connectivity index (χ1v) is 5.79. The second-order valence-corrected chi connectivity index (χ2v) is 4.15. The van der Waals surface area contributed by atoms with E-state index >= 15 is 0 Å². The largest absolute Gasteiger partial charge is 0.302 e. The van der Waals surface area contributed by atoms with Crippen molar-refractivity contribution in [3.05, 3.63) is 30.3 Å². The molecule has 1 aliphatic rings. The Bertz CT molecular complexity index is 473. The number of nitrogens with one attached hydrogen (secondary N) is 1. The average Bonchev–Trinajstić information content (AvgIpc) is 2.30. The molecule has 0 aromatic heterocycles. The number of anilines is 1. The third-order valence-electron chi connectivity index (χ3n) is 2.69. The molecule has 2 rings (SSSR count). The minimum atomic E-state index is -0.651. The average molecular weight is 248 g/mol. The third kappa shape index (κ3) is 2.06. The van der Waals surface area contributed by atoms with Crippen molar-refractivity contribution < 1.29 is 9.59 Å². The molecule has 1 aliphatic heterocycles. The van der Waals surface area contributed by atoms with Crippen LogP contribution in [-0.4, -0.2) is 16.9 Å². The van der Waals surface area contributed by atoms with Crippen molar-refractivity contribution in [1.82, 2.24) is 5.32 Å². The molecule has 1 heterocycles. The number of para-hydroxylation sites is 1. The summed E-state index contributed by atoms with van der Waals surface area (Å²) in [6.07, 6.45) is 0.469. The van der Waals surface area contributed by atoms with E-state index in [1.807, 2.05) is 18.2 Å². The van der Waals surface area contributed by atoms with Crippen LogP contribution in [0.2, 0.25) is 0 Å². The molecule has 17 heavy (non-hydrogen) atoms. The molecule has 88 valence electrons. The topological polar surface area (TPSA) is 49.4 Å². The highest BCUT2D eigenvalue weighted by Gasteiger charge is 2.37. The molecule has 1 N–H and O–H groups in total. The number of carbonyl (C=O) groups is 2. The lowest BCUT2D eigenvalue weighted by Crippen LogP contribution is -2.57. The van der Waals surface area contributed by atoms with Crippen LogP contribution < -0.4 is 10.2 Å². The zero-order chi connectivity index (χ0) is 12.4. The minimum Gasteiger partial charge on any atom is -0.302 e. The van der Waals surface area contributed by atoms with Crippen molar-refractivity contribution in [3.8, 4) is 0 Å². The van der Waals surface area contributed by atoms with Gasteiger partial charge in [-0.3, -0.25) is 14.5 Å². The summed E-state index contributed by atoms with van der Waals surface area (Å²) in [7, 11) is 0. The van der Waals surface area contributed by atoms with Crippen LogP contribution in [0.4, 0.5) is 5.69 Å². The minimum absolute atomic E-state index is 0.149. The summed E-state index contributed by atoms with van der Waals surface area (Å²) in [5.74, 6) is -1.22. The Morgan fingerprint density at radius 1 is 1.29 bits per heavy atom. The van der Waals surface area contributed by atoms with E-state index < -0.39 is 5.92 Å². The fourth-order valence-electron chi connectivity index (χ4n) is 1.80. The smallest absolute Gasteiger partial charge is 0.245 e. The number of carbonyl (C=O) groups excluding carboxylic acids is 2. The molecule has 1 saturated heterocycles. The highest BCUT2D eigenvalue weighted by Crippen LogP contribution is 2.21.